The third kappa shape index (κ3) is 4.11. The molecule has 1 aliphatic heterocycles. The van der Waals surface area contributed by atoms with Crippen molar-refractivity contribution in [3.8, 4) is 0 Å². The topological polar surface area (TPSA) is 12.5 Å². The van der Waals surface area contributed by atoms with Gasteiger partial charge in [-0.2, -0.15) is 0 Å². The van der Waals surface area contributed by atoms with Crippen LogP contribution in [0.4, 0.5) is 0 Å². The number of rotatable bonds is 3. The Hall–Kier alpha value is -0.340. The van der Waals surface area contributed by atoms with E-state index in [-0.39, 0.29) is 0 Å². The molecule has 2 nitrogen and oxygen atoms in total. The van der Waals surface area contributed by atoms with E-state index in [4.69, 9.17) is 4.74 Å². The van der Waals surface area contributed by atoms with Crippen molar-refractivity contribution in [2.75, 3.05) is 26.7 Å². The predicted molar refractivity (Wildman–Crippen MR) is 72.2 cm³/mol. The molecule has 2 aliphatic rings. The van der Waals surface area contributed by atoms with Gasteiger partial charge in [0.25, 0.3) is 0 Å². The largest absolute Gasteiger partial charge is 0.381 e. The second-order valence-electron chi connectivity index (χ2n) is 5.78. The first kappa shape index (κ1) is 13.1. The van der Waals surface area contributed by atoms with Crippen molar-refractivity contribution >= 4 is 0 Å². The van der Waals surface area contributed by atoms with Gasteiger partial charge in [-0.15, -0.1) is 0 Å². The first-order valence-electron chi connectivity index (χ1n) is 7.19. The van der Waals surface area contributed by atoms with E-state index in [0.717, 1.165) is 5.92 Å². The molecule has 98 valence electrons. The van der Waals surface area contributed by atoms with Gasteiger partial charge in [-0.1, -0.05) is 12.2 Å². The van der Waals surface area contributed by atoms with Gasteiger partial charge >= 0.3 is 0 Å². The summed E-state index contributed by atoms with van der Waals surface area (Å²) in [5.41, 5.74) is 1.48. The fourth-order valence-electron chi connectivity index (χ4n) is 3.19. The summed E-state index contributed by atoms with van der Waals surface area (Å²) in [6, 6.07) is 0. The van der Waals surface area contributed by atoms with Gasteiger partial charge < -0.3 is 9.64 Å². The van der Waals surface area contributed by atoms with E-state index in [1.807, 2.05) is 7.11 Å². The quantitative estimate of drug-likeness (QED) is 0.552. The SMILES string of the molecule is C=C1CCCC(CN2CCC(OC)CC2)CC1. The highest BCUT2D eigenvalue weighted by molar-refractivity contribution is 4.96. The summed E-state index contributed by atoms with van der Waals surface area (Å²) < 4.78 is 5.43. The van der Waals surface area contributed by atoms with E-state index >= 15 is 0 Å². The minimum Gasteiger partial charge on any atom is -0.381 e. The minimum absolute atomic E-state index is 0.514. The van der Waals surface area contributed by atoms with Crippen LogP contribution in [0.1, 0.15) is 44.9 Å². The summed E-state index contributed by atoms with van der Waals surface area (Å²) in [5.74, 6) is 0.911. The van der Waals surface area contributed by atoms with Crippen molar-refractivity contribution in [1.82, 2.24) is 4.90 Å². The number of piperidine rings is 1. The van der Waals surface area contributed by atoms with Crippen molar-refractivity contribution in [3.05, 3.63) is 12.2 Å². The standard InChI is InChI=1S/C15H27NO/c1-13-4-3-5-14(7-6-13)12-16-10-8-15(17-2)9-11-16/h14-15H,1,3-12H2,2H3. The molecule has 1 saturated carbocycles. The van der Waals surface area contributed by atoms with E-state index in [0.29, 0.717) is 6.10 Å². The van der Waals surface area contributed by atoms with Crippen LogP contribution in [-0.2, 0) is 4.74 Å². The van der Waals surface area contributed by atoms with Crippen molar-refractivity contribution in [1.29, 1.82) is 0 Å². The van der Waals surface area contributed by atoms with Crippen LogP contribution in [0.3, 0.4) is 0 Å². The lowest BCUT2D eigenvalue weighted by molar-refractivity contribution is 0.0358. The molecule has 0 aromatic carbocycles. The molecule has 0 N–H and O–H groups in total. The Balaban J connectivity index is 1.72. The second-order valence-corrected chi connectivity index (χ2v) is 5.78. The van der Waals surface area contributed by atoms with E-state index in [9.17, 15) is 0 Å². The van der Waals surface area contributed by atoms with E-state index in [1.54, 1.807) is 0 Å². The highest BCUT2D eigenvalue weighted by Gasteiger charge is 2.22. The van der Waals surface area contributed by atoms with Crippen LogP contribution >= 0.6 is 0 Å². The Bertz CT molecular complexity index is 243. The molecule has 1 atom stereocenters. The van der Waals surface area contributed by atoms with Crippen LogP contribution < -0.4 is 0 Å². The van der Waals surface area contributed by atoms with Gasteiger partial charge in [0, 0.05) is 26.7 Å². The first-order valence-corrected chi connectivity index (χ1v) is 7.19. The van der Waals surface area contributed by atoms with Crippen LogP contribution in [0.25, 0.3) is 0 Å². The molecule has 2 rings (SSSR count). The molecule has 2 heteroatoms. The van der Waals surface area contributed by atoms with Gasteiger partial charge in [-0.25, -0.2) is 0 Å². The van der Waals surface area contributed by atoms with Crippen molar-refractivity contribution in [2.45, 2.75) is 51.0 Å². The van der Waals surface area contributed by atoms with Gasteiger partial charge in [-0.05, 0) is 50.9 Å². The molecule has 1 saturated heterocycles. The summed E-state index contributed by atoms with van der Waals surface area (Å²) in [7, 11) is 1.84. The van der Waals surface area contributed by atoms with Gasteiger partial charge in [-0.3, -0.25) is 0 Å². The number of allylic oxidation sites excluding steroid dienone is 1. The van der Waals surface area contributed by atoms with E-state index < -0.39 is 0 Å². The Labute approximate surface area is 106 Å². The molecule has 1 aliphatic carbocycles. The Morgan fingerprint density at radius 1 is 1.18 bits per heavy atom. The minimum atomic E-state index is 0.514. The maximum absolute atomic E-state index is 5.43. The lowest BCUT2D eigenvalue weighted by Crippen LogP contribution is -2.39. The Morgan fingerprint density at radius 3 is 2.65 bits per heavy atom. The molecule has 17 heavy (non-hydrogen) atoms. The van der Waals surface area contributed by atoms with Crippen LogP contribution in [0.5, 0.6) is 0 Å². The summed E-state index contributed by atoms with van der Waals surface area (Å²) in [4.78, 5) is 2.65. The number of hydrogen-bond acceptors (Lipinski definition) is 2. The molecule has 1 unspecified atom stereocenters. The molecular formula is C15H27NO. The van der Waals surface area contributed by atoms with Gasteiger partial charge in [0.05, 0.1) is 6.10 Å². The first-order chi connectivity index (χ1) is 8.28. The molecule has 2 fully saturated rings. The third-order valence-electron chi connectivity index (χ3n) is 4.43. The number of nitrogens with zero attached hydrogens (tertiary/aromatic N) is 1. The molecule has 1 heterocycles. The van der Waals surface area contributed by atoms with E-state index in [1.165, 1.54) is 70.2 Å². The fourth-order valence-corrected chi connectivity index (χ4v) is 3.19. The highest BCUT2D eigenvalue weighted by atomic mass is 16.5. The summed E-state index contributed by atoms with van der Waals surface area (Å²) in [6.07, 6.45) is 9.61. The Morgan fingerprint density at radius 2 is 1.94 bits per heavy atom. The molecule has 0 aromatic rings. The fraction of sp³-hybridized carbons (Fsp3) is 0.867. The van der Waals surface area contributed by atoms with Crippen LogP contribution in [0.15, 0.2) is 12.2 Å². The maximum atomic E-state index is 5.43. The molecule has 0 amide bonds. The lowest BCUT2D eigenvalue weighted by Gasteiger charge is -2.33. The molecule has 0 radical (unpaired) electrons. The summed E-state index contributed by atoms with van der Waals surface area (Å²) in [6.45, 7) is 7.92. The number of hydrogen-bond donors (Lipinski definition) is 0. The maximum Gasteiger partial charge on any atom is 0.0595 e. The van der Waals surface area contributed by atoms with Crippen molar-refractivity contribution < 1.29 is 4.74 Å². The van der Waals surface area contributed by atoms with Crippen LogP contribution in [-0.4, -0.2) is 37.7 Å². The van der Waals surface area contributed by atoms with Gasteiger partial charge in [0.1, 0.15) is 0 Å². The summed E-state index contributed by atoms with van der Waals surface area (Å²) in [5, 5.41) is 0. The Kier molecular flexibility index (Phi) is 5.05. The smallest absolute Gasteiger partial charge is 0.0595 e. The van der Waals surface area contributed by atoms with Crippen molar-refractivity contribution in [2.24, 2.45) is 5.92 Å². The van der Waals surface area contributed by atoms with Gasteiger partial charge in [0.2, 0.25) is 0 Å². The predicted octanol–water partition coefficient (Wildman–Crippen LogP) is 3.23. The second kappa shape index (κ2) is 6.55. The number of ether oxygens (including phenoxy) is 1. The number of likely N-dealkylation sites (tertiary alicyclic amines) is 1. The average Bonchev–Trinajstić information content (AvgIpc) is 2.56. The number of methoxy groups -OCH3 is 1. The third-order valence-corrected chi connectivity index (χ3v) is 4.43. The van der Waals surface area contributed by atoms with Crippen molar-refractivity contribution in [3.63, 3.8) is 0 Å². The zero-order chi connectivity index (χ0) is 12.1. The molecular weight excluding hydrogens is 210 g/mol. The van der Waals surface area contributed by atoms with Crippen LogP contribution in [0, 0.1) is 5.92 Å². The summed E-state index contributed by atoms with van der Waals surface area (Å²) >= 11 is 0. The molecule has 0 spiro atoms. The molecule has 0 aromatic heterocycles. The normalized spacial score (nSPS) is 29.2. The van der Waals surface area contributed by atoms with Crippen LogP contribution in [0.2, 0.25) is 0 Å². The zero-order valence-electron chi connectivity index (χ0n) is 11.3. The zero-order valence-corrected chi connectivity index (χ0v) is 11.3. The lowest BCUT2D eigenvalue weighted by atomic mass is 9.98. The van der Waals surface area contributed by atoms with Gasteiger partial charge in [0.15, 0.2) is 0 Å². The molecule has 0 bridgehead atoms. The highest BCUT2D eigenvalue weighted by Crippen LogP contribution is 2.27. The van der Waals surface area contributed by atoms with E-state index in [2.05, 4.69) is 11.5 Å². The monoisotopic (exact) mass is 237 g/mol. The average molecular weight is 237 g/mol.